The second-order valence-electron chi connectivity index (χ2n) is 6.29. The Balaban J connectivity index is 1.70. The zero-order chi connectivity index (χ0) is 15.9. The molecule has 1 aliphatic heterocycles. The summed E-state index contributed by atoms with van der Waals surface area (Å²) in [6, 6.07) is 8.11. The maximum atomic E-state index is 12.0. The van der Waals surface area contributed by atoms with Crippen molar-refractivity contribution in [2.45, 2.75) is 20.3 Å². The molecule has 0 aromatic heterocycles. The molecule has 0 atom stereocenters. The van der Waals surface area contributed by atoms with E-state index in [1.54, 1.807) is 0 Å². The quantitative estimate of drug-likeness (QED) is 0.904. The van der Waals surface area contributed by atoms with Gasteiger partial charge in [-0.15, -0.1) is 0 Å². The van der Waals surface area contributed by atoms with Gasteiger partial charge in [-0.1, -0.05) is 37.6 Å². The van der Waals surface area contributed by atoms with Crippen LogP contribution in [-0.2, 0) is 6.42 Å². The van der Waals surface area contributed by atoms with Gasteiger partial charge in [0.05, 0.1) is 0 Å². The largest absolute Gasteiger partial charge is 0.338 e. The monoisotopic (exact) mass is 323 g/mol. The Hall–Kier alpha value is -1.26. The van der Waals surface area contributed by atoms with E-state index in [1.807, 2.05) is 23.1 Å². The molecular formula is C17H26ClN3O. The normalized spacial score (nSPS) is 16.1. The number of hydrogen-bond donors (Lipinski definition) is 1. The van der Waals surface area contributed by atoms with Gasteiger partial charge in [-0.25, -0.2) is 4.79 Å². The van der Waals surface area contributed by atoms with Gasteiger partial charge >= 0.3 is 6.03 Å². The van der Waals surface area contributed by atoms with Crippen LogP contribution < -0.4 is 5.32 Å². The van der Waals surface area contributed by atoms with E-state index in [-0.39, 0.29) is 6.03 Å². The molecule has 1 heterocycles. The van der Waals surface area contributed by atoms with E-state index in [9.17, 15) is 4.79 Å². The van der Waals surface area contributed by atoms with E-state index in [4.69, 9.17) is 11.6 Å². The Morgan fingerprint density at radius 3 is 2.64 bits per heavy atom. The van der Waals surface area contributed by atoms with E-state index in [1.165, 1.54) is 5.56 Å². The molecule has 5 heteroatoms. The van der Waals surface area contributed by atoms with Crippen molar-refractivity contribution in [3.05, 3.63) is 34.9 Å². The molecule has 1 saturated heterocycles. The molecule has 0 aliphatic carbocycles. The first-order valence-corrected chi connectivity index (χ1v) is 8.42. The summed E-state index contributed by atoms with van der Waals surface area (Å²) in [5.74, 6) is 0.489. The molecule has 2 amide bonds. The summed E-state index contributed by atoms with van der Waals surface area (Å²) in [5, 5.41) is 3.78. The van der Waals surface area contributed by atoms with E-state index in [2.05, 4.69) is 30.1 Å². The highest BCUT2D eigenvalue weighted by molar-refractivity contribution is 6.30. The number of benzene rings is 1. The van der Waals surface area contributed by atoms with Crippen LogP contribution in [0.4, 0.5) is 4.79 Å². The fraction of sp³-hybridized carbons (Fsp3) is 0.588. The molecule has 0 radical (unpaired) electrons. The van der Waals surface area contributed by atoms with Crippen molar-refractivity contribution in [1.82, 2.24) is 15.1 Å². The number of rotatable bonds is 5. The van der Waals surface area contributed by atoms with Crippen molar-refractivity contribution >= 4 is 17.6 Å². The highest BCUT2D eigenvalue weighted by atomic mass is 35.5. The average Bonchev–Trinajstić information content (AvgIpc) is 2.51. The van der Waals surface area contributed by atoms with Crippen molar-refractivity contribution in [2.75, 3.05) is 39.3 Å². The predicted molar refractivity (Wildman–Crippen MR) is 91.4 cm³/mol. The number of piperazine rings is 1. The van der Waals surface area contributed by atoms with E-state index in [0.29, 0.717) is 5.92 Å². The molecule has 1 aliphatic rings. The highest BCUT2D eigenvalue weighted by Crippen LogP contribution is 2.12. The summed E-state index contributed by atoms with van der Waals surface area (Å²) in [6.07, 6.45) is 1.00. The molecule has 2 rings (SSSR count). The Morgan fingerprint density at radius 2 is 2.00 bits per heavy atom. The molecular weight excluding hydrogens is 298 g/mol. The fourth-order valence-electron chi connectivity index (χ4n) is 2.56. The Bertz CT molecular complexity index is 485. The van der Waals surface area contributed by atoms with Crippen LogP contribution in [0.3, 0.4) is 0 Å². The SMILES string of the molecule is CC(C)CNC(=O)N1CCN(CCc2cccc(Cl)c2)CC1. The third-order valence-electron chi connectivity index (χ3n) is 3.93. The smallest absolute Gasteiger partial charge is 0.317 e. The van der Waals surface area contributed by atoms with E-state index >= 15 is 0 Å². The van der Waals surface area contributed by atoms with Crippen LogP contribution in [-0.4, -0.2) is 55.1 Å². The number of hydrogen-bond acceptors (Lipinski definition) is 2. The molecule has 22 heavy (non-hydrogen) atoms. The highest BCUT2D eigenvalue weighted by Gasteiger charge is 2.20. The van der Waals surface area contributed by atoms with Crippen LogP contribution in [0.2, 0.25) is 5.02 Å². The average molecular weight is 324 g/mol. The van der Waals surface area contributed by atoms with Crippen molar-refractivity contribution < 1.29 is 4.79 Å². The summed E-state index contributed by atoms with van der Waals surface area (Å²) >= 11 is 6.01. The topological polar surface area (TPSA) is 35.6 Å². The first-order chi connectivity index (χ1) is 10.5. The van der Waals surface area contributed by atoms with E-state index in [0.717, 1.165) is 50.7 Å². The molecule has 1 aromatic rings. The summed E-state index contributed by atoms with van der Waals surface area (Å²) < 4.78 is 0. The third-order valence-corrected chi connectivity index (χ3v) is 4.16. The summed E-state index contributed by atoms with van der Waals surface area (Å²) in [7, 11) is 0. The van der Waals surface area contributed by atoms with Crippen molar-refractivity contribution in [2.24, 2.45) is 5.92 Å². The number of amides is 2. The van der Waals surface area contributed by atoms with Gasteiger partial charge in [-0.2, -0.15) is 0 Å². The molecule has 0 unspecified atom stereocenters. The van der Waals surface area contributed by atoms with Crippen LogP contribution >= 0.6 is 11.6 Å². The van der Waals surface area contributed by atoms with Gasteiger partial charge in [0.15, 0.2) is 0 Å². The fourth-order valence-corrected chi connectivity index (χ4v) is 2.77. The van der Waals surface area contributed by atoms with Crippen molar-refractivity contribution in [1.29, 1.82) is 0 Å². The number of halogens is 1. The van der Waals surface area contributed by atoms with Gasteiger partial charge in [0.1, 0.15) is 0 Å². The van der Waals surface area contributed by atoms with Gasteiger partial charge in [-0.05, 0) is 30.0 Å². The van der Waals surface area contributed by atoms with Gasteiger partial charge in [0.2, 0.25) is 0 Å². The lowest BCUT2D eigenvalue weighted by Gasteiger charge is -2.34. The number of carbonyl (C=O) groups excluding carboxylic acids is 1. The minimum Gasteiger partial charge on any atom is -0.338 e. The Kier molecular flexibility index (Phi) is 6.52. The molecule has 1 N–H and O–H groups in total. The summed E-state index contributed by atoms with van der Waals surface area (Å²) in [5.41, 5.74) is 1.27. The zero-order valence-corrected chi connectivity index (χ0v) is 14.3. The lowest BCUT2D eigenvalue weighted by atomic mass is 10.1. The minimum atomic E-state index is 0.0724. The minimum absolute atomic E-state index is 0.0724. The number of carbonyl (C=O) groups is 1. The van der Waals surface area contributed by atoms with Gasteiger partial charge < -0.3 is 10.2 Å². The molecule has 0 bridgehead atoms. The standard InChI is InChI=1S/C17H26ClN3O/c1-14(2)13-19-17(22)21-10-8-20(9-11-21)7-6-15-4-3-5-16(18)12-15/h3-5,12,14H,6-11,13H2,1-2H3,(H,19,22). The maximum absolute atomic E-state index is 12.0. The molecule has 1 fully saturated rings. The Labute approximate surface area is 138 Å². The Morgan fingerprint density at radius 1 is 1.27 bits per heavy atom. The van der Waals surface area contributed by atoms with Gasteiger partial charge in [-0.3, -0.25) is 4.90 Å². The van der Waals surface area contributed by atoms with Crippen LogP contribution in [0.25, 0.3) is 0 Å². The molecule has 122 valence electrons. The predicted octanol–water partition coefficient (Wildman–Crippen LogP) is 2.87. The summed E-state index contributed by atoms with van der Waals surface area (Å²) in [6.45, 7) is 9.46. The number of nitrogens with one attached hydrogen (secondary N) is 1. The molecule has 1 aromatic carbocycles. The van der Waals surface area contributed by atoms with Crippen molar-refractivity contribution in [3.8, 4) is 0 Å². The third kappa shape index (κ3) is 5.50. The molecule has 4 nitrogen and oxygen atoms in total. The van der Waals surface area contributed by atoms with Crippen molar-refractivity contribution in [3.63, 3.8) is 0 Å². The number of urea groups is 1. The van der Waals surface area contributed by atoms with Crippen LogP contribution in [0.5, 0.6) is 0 Å². The zero-order valence-electron chi connectivity index (χ0n) is 13.5. The second-order valence-corrected chi connectivity index (χ2v) is 6.72. The molecule has 0 spiro atoms. The van der Waals surface area contributed by atoms with E-state index < -0.39 is 0 Å². The summed E-state index contributed by atoms with van der Waals surface area (Å²) in [4.78, 5) is 16.3. The first kappa shape index (κ1) is 17.1. The van der Waals surface area contributed by atoms with Gasteiger partial charge in [0.25, 0.3) is 0 Å². The van der Waals surface area contributed by atoms with Crippen LogP contribution in [0.15, 0.2) is 24.3 Å². The maximum Gasteiger partial charge on any atom is 0.317 e. The second kappa shape index (κ2) is 8.39. The van der Waals surface area contributed by atoms with Crippen LogP contribution in [0.1, 0.15) is 19.4 Å². The van der Waals surface area contributed by atoms with Crippen LogP contribution in [0, 0.1) is 5.92 Å². The lowest BCUT2D eigenvalue weighted by Crippen LogP contribution is -2.52. The first-order valence-electron chi connectivity index (χ1n) is 8.04. The van der Waals surface area contributed by atoms with Gasteiger partial charge in [0, 0.05) is 44.3 Å². The molecule has 0 saturated carbocycles. The lowest BCUT2D eigenvalue weighted by molar-refractivity contribution is 0.139. The number of nitrogens with zero attached hydrogens (tertiary/aromatic N) is 2.